The van der Waals surface area contributed by atoms with Gasteiger partial charge < -0.3 is 19.4 Å². The number of carbonyl (C=O) groups excluding carboxylic acids is 2. The fourth-order valence-corrected chi connectivity index (χ4v) is 2.67. The van der Waals surface area contributed by atoms with Gasteiger partial charge in [-0.05, 0) is 18.9 Å². The number of ether oxygens (including phenoxy) is 2. The average Bonchev–Trinajstić information content (AvgIpc) is 3.22. The molecule has 1 aliphatic rings. The van der Waals surface area contributed by atoms with Crippen molar-refractivity contribution in [2.75, 3.05) is 19.5 Å². The van der Waals surface area contributed by atoms with Crippen molar-refractivity contribution in [3.8, 4) is 5.88 Å². The Balaban J connectivity index is 1.66. The molecule has 0 aliphatic carbocycles. The summed E-state index contributed by atoms with van der Waals surface area (Å²) in [6.07, 6.45) is 6.64. The molecule has 0 radical (unpaired) electrons. The van der Waals surface area contributed by atoms with Crippen LogP contribution in [-0.2, 0) is 9.53 Å². The van der Waals surface area contributed by atoms with Crippen molar-refractivity contribution in [1.82, 2.24) is 25.4 Å². The Morgan fingerprint density at radius 1 is 1.27 bits per heavy atom. The quantitative estimate of drug-likeness (QED) is 0.658. The van der Waals surface area contributed by atoms with Crippen LogP contribution >= 0.6 is 0 Å². The van der Waals surface area contributed by atoms with Crippen LogP contribution in [0.2, 0.25) is 0 Å². The van der Waals surface area contributed by atoms with Gasteiger partial charge in [-0.1, -0.05) is 0 Å². The van der Waals surface area contributed by atoms with E-state index in [2.05, 4.69) is 26.1 Å². The van der Waals surface area contributed by atoms with Gasteiger partial charge in [-0.3, -0.25) is 4.79 Å². The number of nitrogens with one attached hydrogen (secondary N) is 3. The van der Waals surface area contributed by atoms with Crippen molar-refractivity contribution in [2.45, 2.75) is 25.0 Å². The Labute approximate surface area is 149 Å². The average molecular weight is 360 g/mol. The second kappa shape index (κ2) is 7.93. The third kappa shape index (κ3) is 3.81. The van der Waals surface area contributed by atoms with Gasteiger partial charge in [0.05, 0.1) is 32.4 Å². The molecule has 0 bridgehead atoms. The number of rotatable bonds is 5. The molecule has 3 heterocycles. The number of hydrogen-bond acceptors (Lipinski definition) is 8. The lowest BCUT2D eigenvalue weighted by Crippen LogP contribution is -2.54. The molecule has 2 unspecified atom stereocenters. The van der Waals surface area contributed by atoms with Crippen LogP contribution in [0.3, 0.4) is 0 Å². The van der Waals surface area contributed by atoms with Gasteiger partial charge in [-0.15, -0.1) is 0 Å². The van der Waals surface area contributed by atoms with Crippen LogP contribution in [0, 0.1) is 0 Å². The summed E-state index contributed by atoms with van der Waals surface area (Å²) in [5.74, 6) is -0.683. The molecule has 2 atom stereocenters. The number of anilines is 1. The number of hydrazine groups is 1. The minimum atomic E-state index is -0.658. The number of hydrogen-bond donors (Lipinski definition) is 3. The fraction of sp³-hybridized carbons (Fsp3) is 0.375. The van der Waals surface area contributed by atoms with E-state index in [1.165, 1.54) is 14.2 Å². The normalized spacial score (nSPS) is 19.6. The summed E-state index contributed by atoms with van der Waals surface area (Å²) in [6.45, 7) is 0. The summed E-state index contributed by atoms with van der Waals surface area (Å²) >= 11 is 0. The minimum Gasteiger partial charge on any atom is -0.481 e. The molecule has 0 aromatic carbocycles. The van der Waals surface area contributed by atoms with E-state index in [0.717, 1.165) is 6.42 Å². The van der Waals surface area contributed by atoms with E-state index < -0.39 is 12.0 Å². The molecule has 3 rings (SSSR count). The van der Waals surface area contributed by atoms with Crippen molar-refractivity contribution in [3.63, 3.8) is 0 Å². The van der Waals surface area contributed by atoms with E-state index in [4.69, 9.17) is 9.47 Å². The van der Waals surface area contributed by atoms with E-state index in [0.29, 0.717) is 6.42 Å². The van der Waals surface area contributed by atoms with Crippen molar-refractivity contribution >= 4 is 17.6 Å². The molecule has 2 aromatic rings. The topological polar surface area (TPSA) is 119 Å². The molecule has 2 aromatic heterocycles. The first-order chi connectivity index (χ1) is 12.6. The maximum atomic E-state index is 12.5. The van der Waals surface area contributed by atoms with Crippen LogP contribution in [0.15, 0.2) is 30.9 Å². The number of nitrogens with zero attached hydrogens (tertiary/aromatic N) is 3. The zero-order chi connectivity index (χ0) is 18.5. The molecule has 10 heteroatoms. The second-order valence-electron chi connectivity index (χ2n) is 5.67. The van der Waals surface area contributed by atoms with Crippen LogP contribution in [-0.4, -0.2) is 46.7 Å². The van der Waals surface area contributed by atoms with E-state index in [9.17, 15) is 9.59 Å². The van der Waals surface area contributed by atoms with E-state index in [1.54, 1.807) is 24.7 Å². The summed E-state index contributed by atoms with van der Waals surface area (Å²) in [5.41, 5.74) is 6.33. The van der Waals surface area contributed by atoms with Crippen molar-refractivity contribution in [3.05, 3.63) is 36.5 Å². The lowest BCUT2D eigenvalue weighted by molar-refractivity contribution is -0.119. The third-order valence-electron chi connectivity index (χ3n) is 4.07. The maximum Gasteiger partial charge on any atom is 0.358 e. The highest BCUT2D eigenvalue weighted by molar-refractivity contribution is 6.01. The zero-order valence-corrected chi connectivity index (χ0v) is 14.4. The SMILES string of the molecule is COC(=O)c1nc(OC)ccc1NC(=O)C1CCC(n2ccnc2)NN1. The second-order valence-corrected chi connectivity index (χ2v) is 5.67. The highest BCUT2D eigenvalue weighted by atomic mass is 16.5. The Kier molecular flexibility index (Phi) is 5.44. The maximum absolute atomic E-state index is 12.5. The number of aromatic nitrogens is 3. The first-order valence-corrected chi connectivity index (χ1v) is 8.05. The van der Waals surface area contributed by atoms with Gasteiger partial charge in [0.2, 0.25) is 11.8 Å². The Morgan fingerprint density at radius 2 is 2.12 bits per heavy atom. The molecule has 138 valence electrons. The van der Waals surface area contributed by atoms with Crippen LogP contribution in [0.4, 0.5) is 5.69 Å². The number of carbonyl (C=O) groups is 2. The zero-order valence-electron chi connectivity index (χ0n) is 14.4. The number of amides is 1. The van der Waals surface area contributed by atoms with Crippen molar-refractivity contribution < 1.29 is 19.1 Å². The molecular formula is C16H20N6O4. The smallest absolute Gasteiger partial charge is 0.358 e. The van der Waals surface area contributed by atoms with E-state index in [-0.39, 0.29) is 29.3 Å². The first-order valence-electron chi connectivity index (χ1n) is 8.05. The van der Waals surface area contributed by atoms with Gasteiger partial charge in [0.1, 0.15) is 6.04 Å². The van der Waals surface area contributed by atoms with Gasteiger partial charge in [0.15, 0.2) is 5.69 Å². The molecule has 0 spiro atoms. The van der Waals surface area contributed by atoms with Gasteiger partial charge >= 0.3 is 5.97 Å². The molecule has 26 heavy (non-hydrogen) atoms. The van der Waals surface area contributed by atoms with E-state index in [1.807, 2.05) is 10.8 Å². The number of pyridine rings is 1. The lowest BCUT2D eigenvalue weighted by Gasteiger charge is -2.30. The fourth-order valence-electron chi connectivity index (χ4n) is 2.67. The largest absolute Gasteiger partial charge is 0.481 e. The summed E-state index contributed by atoms with van der Waals surface area (Å²) in [6, 6.07) is 2.66. The Morgan fingerprint density at radius 3 is 2.73 bits per heavy atom. The predicted molar refractivity (Wildman–Crippen MR) is 91.3 cm³/mol. The molecule has 1 fully saturated rings. The first kappa shape index (κ1) is 17.8. The molecule has 1 saturated heterocycles. The van der Waals surface area contributed by atoms with E-state index >= 15 is 0 Å². The van der Waals surface area contributed by atoms with Gasteiger partial charge in [-0.2, -0.15) is 0 Å². The standard InChI is InChI=1S/C16H20N6O4/c1-25-13-6-4-10(14(19-13)16(24)26-2)18-15(23)11-3-5-12(21-20-11)22-8-7-17-9-22/h4,6-9,11-12,20-21H,3,5H2,1-2H3,(H,18,23). The van der Waals surface area contributed by atoms with Gasteiger partial charge in [-0.25, -0.2) is 25.6 Å². The van der Waals surface area contributed by atoms with Crippen molar-refractivity contribution in [1.29, 1.82) is 0 Å². The molecule has 3 N–H and O–H groups in total. The molecule has 1 aliphatic heterocycles. The highest BCUT2D eigenvalue weighted by Gasteiger charge is 2.27. The number of methoxy groups -OCH3 is 2. The Hall–Kier alpha value is -2.98. The third-order valence-corrected chi connectivity index (χ3v) is 4.07. The van der Waals surface area contributed by atoms with Crippen LogP contribution < -0.4 is 20.9 Å². The summed E-state index contributed by atoms with van der Waals surface area (Å²) < 4.78 is 11.6. The molecule has 0 saturated carbocycles. The molecule has 1 amide bonds. The summed E-state index contributed by atoms with van der Waals surface area (Å²) in [7, 11) is 2.69. The molecular weight excluding hydrogens is 340 g/mol. The predicted octanol–water partition coefficient (Wildman–Crippen LogP) is 0.467. The van der Waals surface area contributed by atoms with Crippen LogP contribution in [0.25, 0.3) is 0 Å². The summed E-state index contributed by atoms with van der Waals surface area (Å²) in [4.78, 5) is 32.5. The minimum absolute atomic E-state index is 0.0136. The number of esters is 1. The lowest BCUT2D eigenvalue weighted by atomic mass is 10.1. The highest BCUT2D eigenvalue weighted by Crippen LogP contribution is 2.21. The van der Waals surface area contributed by atoms with Crippen LogP contribution in [0.1, 0.15) is 29.5 Å². The van der Waals surface area contributed by atoms with Crippen LogP contribution in [0.5, 0.6) is 5.88 Å². The number of imidazole rings is 1. The monoisotopic (exact) mass is 360 g/mol. The van der Waals surface area contributed by atoms with Gasteiger partial charge in [0.25, 0.3) is 0 Å². The Bertz CT molecular complexity index is 771. The molecule has 10 nitrogen and oxygen atoms in total. The van der Waals surface area contributed by atoms with Crippen molar-refractivity contribution in [2.24, 2.45) is 0 Å². The summed E-state index contributed by atoms with van der Waals surface area (Å²) in [5, 5.41) is 2.72. The van der Waals surface area contributed by atoms with Gasteiger partial charge in [0, 0.05) is 18.5 Å².